The van der Waals surface area contributed by atoms with Gasteiger partial charge in [0, 0.05) is 17.9 Å². The highest BCUT2D eigenvalue weighted by atomic mass is 16.5. The van der Waals surface area contributed by atoms with Crippen molar-refractivity contribution < 1.29 is 9.53 Å². The van der Waals surface area contributed by atoms with Crippen LogP contribution in [0.25, 0.3) is 0 Å². The summed E-state index contributed by atoms with van der Waals surface area (Å²) in [6.45, 7) is 5.97. The van der Waals surface area contributed by atoms with Gasteiger partial charge in [-0.05, 0) is 37.3 Å². The molecule has 1 aliphatic heterocycles. The smallest absolute Gasteiger partial charge is 0.160 e. The maximum atomic E-state index is 11.9. The molecule has 0 aromatic heterocycles. The molecule has 1 aromatic carbocycles. The number of allylic oxidation sites excluding steroid dienone is 2. The largest absolute Gasteiger partial charge is 0.490 e. The van der Waals surface area contributed by atoms with Gasteiger partial charge < -0.3 is 4.74 Å². The second kappa shape index (κ2) is 4.93. The van der Waals surface area contributed by atoms with E-state index in [2.05, 4.69) is 18.7 Å². The zero-order valence-electron chi connectivity index (χ0n) is 11.9. The minimum Gasteiger partial charge on any atom is -0.490 e. The quantitative estimate of drug-likeness (QED) is 0.779. The van der Waals surface area contributed by atoms with Gasteiger partial charge in [-0.25, -0.2) is 0 Å². The Bertz CT molecular complexity index is 570. The summed E-state index contributed by atoms with van der Waals surface area (Å²) in [6.07, 6.45) is 5.19. The first-order valence-electron chi connectivity index (χ1n) is 7.20. The highest BCUT2D eigenvalue weighted by Crippen LogP contribution is 2.49. The van der Waals surface area contributed by atoms with Crippen LogP contribution in [0, 0.1) is 5.41 Å². The van der Waals surface area contributed by atoms with Crippen LogP contribution in [-0.4, -0.2) is 11.9 Å². The molecule has 2 aliphatic rings. The van der Waals surface area contributed by atoms with Crippen LogP contribution in [0.1, 0.15) is 31.7 Å². The highest BCUT2D eigenvalue weighted by Gasteiger charge is 2.46. The molecule has 0 spiro atoms. The number of fused-ring (bicyclic) bond motifs is 1. The van der Waals surface area contributed by atoms with E-state index in [1.165, 1.54) is 5.56 Å². The van der Waals surface area contributed by atoms with Crippen LogP contribution in [0.15, 0.2) is 54.3 Å². The Morgan fingerprint density at radius 3 is 2.85 bits per heavy atom. The molecule has 104 valence electrons. The first-order valence-corrected chi connectivity index (χ1v) is 7.20. The lowest BCUT2D eigenvalue weighted by atomic mass is 9.73. The molecule has 0 bridgehead atoms. The molecule has 1 aromatic rings. The monoisotopic (exact) mass is 268 g/mol. The van der Waals surface area contributed by atoms with Gasteiger partial charge in [-0.3, -0.25) is 4.79 Å². The molecule has 0 saturated carbocycles. The topological polar surface area (TPSA) is 26.3 Å². The average Bonchev–Trinajstić information content (AvgIpc) is 2.74. The fourth-order valence-corrected chi connectivity index (χ4v) is 3.33. The van der Waals surface area contributed by atoms with Crippen molar-refractivity contribution in [1.29, 1.82) is 0 Å². The first kappa shape index (κ1) is 13.2. The molecule has 2 nitrogen and oxygen atoms in total. The number of ether oxygens (including phenoxy) is 1. The van der Waals surface area contributed by atoms with Crippen molar-refractivity contribution in [2.24, 2.45) is 5.41 Å². The van der Waals surface area contributed by atoms with Crippen LogP contribution < -0.4 is 0 Å². The maximum Gasteiger partial charge on any atom is 0.160 e. The molecule has 1 heterocycles. The highest BCUT2D eigenvalue weighted by molar-refractivity contribution is 5.94. The standard InChI is InChI=1S/C18H20O2/c1-13(2)16-8-9-18(11-14-6-4-3-5-7-14)12-15(19)10-17(18)20-16/h3-7,10,16H,1,8-9,11-12H2,2H3/t16-,18+/m0/s1. The number of hydrogen-bond acceptors (Lipinski definition) is 2. The van der Waals surface area contributed by atoms with Gasteiger partial charge in [0.25, 0.3) is 0 Å². The van der Waals surface area contributed by atoms with E-state index in [1.54, 1.807) is 6.08 Å². The van der Waals surface area contributed by atoms with Crippen molar-refractivity contribution in [1.82, 2.24) is 0 Å². The molecule has 0 amide bonds. The molecule has 0 radical (unpaired) electrons. The molecule has 1 aliphatic carbocycles. The Hall–Kier alpha value is -1.83. The summed E-state index contributed by atoms with van der Waals surface area (Å²) in [5.41, 5.74) is 2.19. The second-order valence-corrected chi connectivity index (χ2v) is 6.09. The normalized spacial score (nSPS) is 28.6. The van der Waals surface area contributed by atoms with E-state index in [0.717, 1.165) is 30.6 Å². The number of carbonyl (C=O) groups is 1. The van der Waals surface area contributed by atoms with E-state index in [-0.39, 0.29) is 17.3 Å². The van der Waals surface area contributed by atoms with Crippen molar-refractivity contribution in [3.63, 3.8) is 0 Å². The van der Waals surface area contributed by atoms with Crippen molar-refractivity contribution in [2.75, 3.05) is 0 Å². The SMILES string of the molecule is C=C(C)[C@@H]1CC[C@@]2(Cc3ccccc3)CC(=O)C=C2O1. The molecule has 0 unspecified atom stereocenters. The molecule has 2 atom stereocenters. The fraction of sp³-hybridized carbons (Fsp3) is 0.389. The minimum absolute atomic E-state index is 0.0658. The number of hydrogen-bond donors (Lipinski definition) is 0. The summed E-state index contributed by atoms with van der Waals surface area (Å²) in [5, 5.41) is 0. The molecule has 2 heteroatoms. The van der Waals surface area contributed by atoms with Crippen LogP contribution >= 0.6 is 0 Å². The number of ketones is 1. The summed E-state index contributed by atoms with van der Waals surface area (Å²) in [7, 11) is 0. The van der Waals surface area contributed by atoms with E-state index in [0.29, 0.717) is 6.42 Å². The van der Waals surface area contributed by atoms with Gasteiger partial charge in [-0.1, -0.05) is 36.9 Å². The van der Waals surface area contributed by atoms with E-state index < -0.39 is 0 Å². The Kier molecular flexibility index (Phi) is 3.25. The summed E-state index contributed by atoms with van der Waals surface area (Å²) in [6, 6.07) is 10.4. The lowest BCUT2D eigenvalue weighted by Gasteiger charge is -2.39. The van der Waals surface area contributed by atoms with Crippen molar-refractivity contribution in [3.05, 3.63) is 59.9 Å². The summed E-state index contributed by atoms with van der Waals surface area (Å²) in [4.78, 5) is 11.9. The second-order valence-electron chi connectivity index (χ2n) is 6.09. The van der Waals surface area contributed by atoms with Gasteiger partial charge in [0.2, 0.25) is 0 Å². The molecule has 0 N–H and O–H groups in total. The molecular formula is C18H20O2. The lowest BCUT2D eigenvalue weighted by Crippen LogP contribution is -2.34. The van der Waals surface area contributed by atoms with E-state index in [9.17, 15) is 4.79 Å². The van der Waals surface area contributed by atoms with Gasteiger partial charge in [0.15, 0.2) is 5.78 Å². The van der Waals surface area contributed by atoms with E-state index in [1.807, 2.05) is 25.1 Å². The summed E-state index contributed by atoms with van der Waals surface area (Å²) in [5.74, 6) is 1.07. The molecule has 1 saturated heterocycles. The predicted octanol–water partition coefficient (Wildman–Crippen LogP) is 3.83. The summed E-state index contributed by atoms with van der Waals surface area (Å²) >= 11 is 0. The van der Waals surface area contributed by atoms with Gasteiger partial charge in [0.05, 0.1) is 0 Å². The van der Waals surface area contributed by atoms with Crippen molar-refractivity contribution >= 4 is 5.78 Å². The van der Waals surface area contributed by atoms with E-state index in [4.69, 9.17) is 4.74 Å². The Balaban J connectivity index is 1.86. The van der Waals surface area contributed by atoms with Gasteiger partial charge >= 0.3 is 0 Å². The first-order chi connectivity index (χ1) is 9.59. The number of carbonyl (C=O) groups excluding carboxylic acids is 1. The Morgan fingerprint density at radius 2 is 2.15 bits per heavy atom. The number of rotatable bonds is 3. The molecule has 1 fully saturated rings. The van der Waals surface area contributed by atoms with Gasteiger partial charge in [-0.15, -0.1) is 0 Å². The lowest BCUT2D eigenvalue weighted by molar-refractivity contribution is -0.115. The van der Waals surface area contributed by atoms with Gasteiger partial charge in [0.1, 0.15) is 11.9 Å². The van der Waals surface area contributed by atoms with Crippen LogP contribution in [-0.2, 0) is 16.0 Å². The van der Waals surface area contributed by atoms with Crippen molar-refractivity contribution in [2.45, 2.75) is 38.7 Å². The van der Waals surface area contributed by atoms with Crippen LogP contribution in [0.4, 0.5) is 0 Å². The Labute approximate surface area is 120 Å². The maximum absolute atomic E-state index is 11.9. The molecule has 20 heavy (non-hydrogen) atoms. The molecular weight excluding hydrogens is 248 g/mol. The zero-order chi connectivity index (χ0) is 14.2. The third-order valence-corrected chi connectivity index (χ3v) is 4.42. The predicted molar refractivity (Wildman–Crippen MR) is 79.2 cm³/mol. The van der Waals surface area contributed by atoms with Gasteiger partial charge in [-0.2, -0.15) is 0 Å². The third kappa shape index (κ3) is 2.31. The van der Waals surface area contributed by atoms with Crippen LogP contribution in [0.2, 0.25) is 0 Å². The van der Waals surface area contributed by atoms with Crippen LogP contribution in [0.3, 0.4) is 0 Å². The Morgan fingerprint density at radius 1 is 1.40 bits per heavy atom. The zero-order valence-corrected chi connectivity index (χ0v) is 11.9. The third-order valence-electron chi connectivity index (χ3n) is 4.42. The molecule has 3 rings (SSSR count). The van der Waals surface area contributed by atoms with Crippen molar-refractivity contribution in [3.8, 4) is 0 Å². The number of benzene rings is 1. The van der Waals surface area contributed by atoms with Crippen LogP contribution in [0.5, 0.6) is 0 Å². The average molecular weight is 268 g/mol. The fourth-order valence-electron chi connectivity index (χ4n) is 3.33. The van der Waals surface area contributed by atoms with E-state index >= 15 is 0 Å². The minimum atomic E-state index is -0.121. The summed E-state index contributed by atoms with van der Waals surface area (Å²) < 4.78 is 6.06.